The van der Waals surface area contributed by atoms with Gasteiger partial charge in [-0.1, -0.05) is 42.5 Å². The first-order chi connectivity index (χ1) is 15.8. The van der Waals surface area contributed by atoms with Gasteiger partial charge in [0.15, 0.2) is 5.78 Å². The highest BCUT2D eigenvalue weighted by molar-refractivity contribution is 7.89. The third-order valence-electron chi connectivity index (χ3n) is 4.71. The Morgan fingerprint density at radius 3 is 2.52 bits per heavy atom. The molecule has 0 radical (unpaired) electrons. The predicted molar refractivity (Wildman–Crippen MR) is 123 cm³/mol. The second-order valence-corrected chi connectivity index (χ2v) is 9.05. The normalized spacial score (nSPS) is 11.1. The Labute approximate surface area is 193 Å². The first-order valence-electron chi connectivity index (χ1n) is 10.3. The lowest BCUT2D eigenvalue weighted by Gasteiger charge is -2.09. The molecule has 2 N–H and O–H groups in total. The number of rotatable bonds is 11. The van der Waals surface area contributed by atoms with E-state index in [9.17, 15) is 18.0 Å². The Kier molecular flexibility index (Phi) is 8.28. The molecule has 0 unspecified atom stereocenters. The summed E-state index contributed by atoms with van der Waals surface area (Å²) in [7, 11) is -3.82. The highest BCUT2D eigenvalue weighted by Gasteiger charge is 2.15. The van der Waals surface area contributed by atoms with Crippen molar-refractivity contribution in [1.82, 2.24) is 15.0 Å². The quantitative estimate of drug-likeness (QED) is 0.419. The number of hydrogen-bond donors (Lipinski definition) is 2. The molecule has 1 amide bonds. The Hall–Kier alpha value is -3.56. The van der Waals surface area contributed by atoms with Crippen molar-refractivity contribution in [2.45, 2.75) is 31.4 Å². The van der Waals surface area contributed by atoms with Crippen molar-refractivity contribution in [1.29, 1.82) is 0 Å². The van der Waals surface area contributed by atoms with Crippen molar-refractivity contribution in [2.24, 2.45) is 0 Å². The van der Waals surface area contributed by atoms with E-state index < -0.39 is 10.0 Å². The number of sulfonamides is 1. The summed E-state index contributed by atoms with van der Waals surface area (Å²) in [5.41, 5.74) is 2.14. The lowest BCUT2D eigenvalue weighted by molar-refractivity contribution is -0.121. The van der Waals surface area contributed by atoms with Crippen molar-refractivity contribution in [2.75, 3.05) is 6.54 Å². The zero-order valence-electron chi connectivity index (χ0n) is 18.2. The molecule has 0 aliphatic carbocycles. The van der Waals surface area contributed by atoms with Crippen LogP contribution in [0, 0.1) is 0 Å². The predicted octanol–water partition coefficient (Wildman–Crippen LogP) is 2.85. The van der Waals surface area contributed by atoms with Crippen LogP contribution in [0.15, 0.2) is 77.8 Å². The average molecular weight is 468 g/mol. The fourth-order valence-electron chi connectivity index (χ4n) is 2.92. The second-order valence-electron chi connectivity index (χ2n) is 7.29. The van der Waals surface area contributed by atoms with Crippen LogP contribution < -0.4 is 14.8 Å². The van der Waals surface area contributed by atoms with Gasteiger partial charge in [-0.05, 0) is 36.2 Å². The van der Waals surface area contributed by atoms with Crippen LogP contribution in [0.3, 0.4) is 0 Å². The molecular weight excluding hydrogens is 442 g/mol. The largest absolute Gasteiger partial charge is 0.473 e. The number of nitrogens with zero attached hydrogens (tertiary/aromatic N) is 1. The minimum Gasteiger partial charge on any atom is -0.473 e. The Balaban J connectivity index is 1.45. The smallest absolute Gasteiger partial charge is 0.240 e. The van der Waals surface area contributed by atoms with Crippen LogP contribution >= 0.6 is 0 Å². The van der Waals surface area contributed by atoms with Gasteiger partial charge >= 0.3 is 0 Å². The summed E-state index contributed by atoms with van der Waals surface area (Å²) in [5.74, 6) is -0.0823. The second kappa shape index (κ2) is 11.3. The summed E-state index contributed by atoms with van der Waals surface area (Å²) < 4.78 is 32.9. The molecule has 0 bridgehead atoms. The number of hydrogen-bond acceptors (Lipinski definition) is 6. The van der Waals surface area contributed by atoms with Gasteiger partial charge in [0, 0.05) is 37.3 Å². The SMILES string of the molecule is CC(=O)c1cccc(S(=O)(=O)NCCC(=O)NCc2ccnc(OCc3ccccc3)c2)c1. The number of benzene rings is 2. The molecule has 0 aliphatic rings. The fraction of sp³-hybridized carbons (Fsp3) is 0.208. The molecule has 0 fully saturated rings. The summed E-state index contributed by atoms with van der Waals surface area (Å²) in [6, 6.07) is 19.0. The van der Waals surface area contributed by atoms with E-state index in [1.54, 1.807) is 24.4 Å². The highest BCUT2D eigenvalue weighted by Crippen LogP contribution is 2.13. The number of carbonyl (C=O) groups excluding carboxylic acids is 2. The first kappa shape index (κ1) is 24.1. The zero-order chi connectivity index (χ0) is 23.7. The molecule has 3 rings (SSSR count). The van der Waals surface area contributed by atoms with Crippen LogP contribution in [0.5, 0.6) is 5.88 Å². The molecule has 1 aromatic heterocycles. The van der Waals surface area contributed by atoms with E-state index in [-0.39, 0.29) is 36.1 Å². The maximum Gasteiger partial charge on any atom is 0.240 e. The fourth-order valence-corrected chi connectivity index (χ4v) is 4.00. The summed E-state index contributed by atoms with van der Waals surface area (Å²) in [5, 5.41) is 2.75. The molecule has 33 heavy (non-hydrogen) atoms. The van der Waals surface area contributed by atoms with Crippen molar-refractivity contribution in [3.63, 3.8) is 0 Å². The topological polar surface area (TPSA) is 114 Å². The van der Waals surface area contributed by atoms with E-state index in [0.29, 0.717) is 18.1 Å². The van der Waals surface area contributed by atoms with Crippen LogP contribution in [-0.2, 0) is 28.0 Å². The Morgan fingerprint density at radius 2 is 1.76 bits per heavy atom. The number of Topliss-reactive ketones (excluding diaryl/α,β-unsaturated/α-hetero) is 1. The van der Waals surface area contributed by atoms with E-state index >= 15 is 0 Å². The number of aromatic nitrogens is 1. The molecule has 172 valence electrons. The minimum absolute atomic E-state index is 0.0181. The molecule has 0 spiro atoms. The monoisotopic (exact) mass is 467 g/mol. The Bertz CT molecular complexity index is 1210. The van der Waals surface area contributed by atoms with E-state index in [1.165, 1.54) is 25.1 Å². The van der Waals surface area contributed by atoms with Crippen LogP contribution in [0.2, 0.25) is 0 Å². The maximum absolute atomic E-state index is 12.4. The van der Waals surface area contributed by atoms with E-state index in [1.807, 2.05) is 30.3 Å². The molecule has 0 atom stereocenters. The molecule has 0 saturated heterocycles. The van der Waals surface area contributed by atoms with E-state index in [0.717, 1.165) is 11.1 Å². The minimum atomic E-state index is -3.82. The molecule has 0 saturated carbocycles. The summed E-state index contributed by atoms with van der Waals surface area (Å²) in [6.45, 7) is 1.94. The number of amides is 1. The van der Waals surface area contributed by atoms with Crippen LogP contribution in [0.4, 0.5) is 0 Å². The van der Waals surface area contributed by atoms with Gasteiger partial charge in [-0.2, -0.15) is 0 Å². The van der Waals surface area contributed by atoms with Gasteiger partial charge in [0.25, 0.3) is 0 Å². The molecular formula is C24H25N3O5S. The van der Waals surface area contributed by atoms with Crippen molar-refractivity contribution in [3.05, 3.63) is 89.6 Å². The third kappa shape index (κ3) is 7.51. The number of nitrogens with one attached hydrogen (secondary N) is 2. The molecule has 2 aromatic carbocycles. The Morgan fingerprint density at radius 1 is 0.970 bits per heavy atom. The van der Waals surface area contributed by atoms with E-state index in [4.69, 9.17) is 4.74 Å². The van der Waals surface area contributed by atoms with Crippen LogP contribution in [0.25, 0.3) is 0 Å². The van der Waals surface area contributed by atoms with Gasteiger partial charge in [0.1, 0.15) is 6.61 Å². The van der Waals surface area contributed by atoms with Crippen LogP contribution in [-0.4, -0.2) is 31.6 Å². The van der Waals surface area contributed by atoms with Crippen molar-refractivity contribution >= 4 is 21.7 Å². The van der Waals surface area contributed by atoms with Gasteiger partial charge in [0.2, 0.25) is 21.8 Å². The number of pyridine rings is 1. The molecule has 1 heterocycles. The van der Waals surface area contributed by atoms with Gasteiger partial charge < -0.3 is 10.1 Å². The van der Waals surface area contributed by atoms with Crippen molar-refractivity contribution < 1.29 is 22.7 Å². The molecule has 9 heteroatoms. The van der Waals surface area contributed by atoms with Crippen LogP contribution in [0.1, 0.15) is 34.8 Å². The standard InChI is InChI=1S/C24H25N3O5S/c1-18(28)21-8-5-9-22(15-21)33(30,31)27-13-11-23(29)26-16-20-10-12-25-24(14-20)32-17-19-6-3-2-4-7-19/h2-10,12,14-15,27H,11,13,16-17H2,1H3,(H,26,29). The van der Waals surface area contributed by atoms with Gasteiger partial charge in [-0.25, -0.2) is 18.1 Å². The van der Waals surface area contributed by atoms with E-state index in [2.05, 4.69) is 15.0 Å². The lowest BCUT2D eigenvalue weighted by Crippen LogP contribution is -2.30. The number of carbonyl (C=O) groups is 2. The van der Waals surface area contributed by atoms with Gasteiger partial charge in [0.05, 0.1) is 4.90 Å². The first-order valence-corrected chi connectivity index (χ1v) is 11.8. The number of ketones is 1. The van der Waals surface area contributed by atoms with Crippen molar-refractivity contribution in [3.8, 4) is 5.88 Å². The van der Waals surface area contributed by atoms with Gasteiger partial charge in [-0.3, -0.25) is 9.59 Å². The maximum atomic E-state index is 12.4. The molecule has 0 aliphatic heterocycles. The summed E-state index contributed by atoms with van der Waals surface area (Å²) in [6.07, 6.45) is 1.57. The molecule has 8 nitrogen and oxygen atoms in total. The summed E-state index contributed by atoms with van der Waals surface area (Å²) in [4.78, 5) is 27.8. The zero-order valence-corrected chi connectivity index (χ0v) is 19.0. The average Bonchev–Trinajstić information content (AvgIpc) is 2.82. The highest BCUT2D eigenvalue weighted by atomic mass is 32.2. The van der Waals surface area contributed by atoms with Gasteiger partial charge in [-0.15, -0.1) is 0 Å². The molecule has 3 aromatic rings. The lowest BCUT2D eigenvalue weighted by atomic mass is 10.2. The number of ether oxygens (including phenoxy) is 1. The summed E-state index contributed by atoms with van der Waals surface area (Å²) >= 11 is 0. The third-order valence-corrected chi connectivity index (χ3v) is 6.17.